The number of aromatic nitrogens is 3. The Kier molecular flexibility index (Phi) is 3.79. The van der Waals surface area contributed by atoms with Crippen LogP contribution in [0.5, 0.6) is 0 Å². The van der Waals surface area contributed by atoms with E-state index in [0.29, 0.717) is 35.9 Å². The van der Waals surface area contributed by atoms with E-state index in [9.17, 15) is 5.11 Å². The second-order valence-corrected chi connectivity index (χ2v) is 6.72. The maximum atomic E-state index is 10.8. The molecule has 3 aromatic rings. The molecule has 124 valence electrons. The van der Waals surface area contributed by atoms with E-state index in [2.05, 4.69) is 10.1 Å². The minimum atomic E-state index is -0.883. The molecule has 0 atom stereocenters. The van der Waals surface area contributed by atoms with Crippen LogP contribution >= 0.6 is 11.6 Å². The van der Waals surface area contributed by atoms with E-state index in [1.807, 2.05) is 42.6 Å². The number of hydrogen-bond acceptors (Lipinski definition) is 4. The van der Waals surface area contributed by atoms with Crippen LogP contribution in [0.2, 0.25) is 5.15 Å². The number of benzene rings is 1. The summed E-state index contributed by atoms with van der Waals surface area (Å²) in [5, 5.41) is 15.5. The van der Waals surface area contributed by atoms with E-state index in [1.54, 1.807) is 11.4 Å². The predicted octanol–water partition coefficient (Wildman–Crippen LogP) is 3.26. The Balaban J connectivity index is 1.45. The number of halogens is 1. The molecule has 1 aromatic carbocycles. The zero-order valence-electron chi connectivity index (χ0n) is 13.3. The van der Waals surface area contributed by atoms with Gasteiger partial charge in [0.05, 0.1) is 18.3 Å². The van der Waals surface area contributed by atoms with Crippen LogP contribution in [0, 0.1) is 6.92 Å². The van der Waals surface area contributed by atoms with Gasteiger partial charge in [-0.1, -0.05) is 41.9 Å². The smallest absolute Gasteiger partial charge is 0.156 e. The van der Waals surface area contributed by atoms with Gasteiger partial charge in [-0.2, -0.15) is 5.10 Å². The number of fused-ring (bicyclic) bond motifs is 1. The number of aliphatic hydroxyl groups is 1. The lowest BCUT2D eigenvalue weighted by atomic mass is 9.73. The molecule has 2 aromatic heterocycles. The monoisotopic (exact) mass is 343 g/mol. The lowest BCUT2D eigenvalue weighted by molar-refractivity contribution is -0.149. The largest absolute Gasteiger partial charge is 0.385 e. The van der Waals surface area contributed by atoms with Gasteiger partial charge >= 0.3 is 0 Å². The molecular weight excluding hydrogens is 326 g/mol. The molecule has 1 saturated carbocycles. The Morgan fingerprint density at radius 1 is 1.33 bits per heavy atom. The third kappa shape index (κ3) is 2.79. The van der Waals surface area contributed by atoms with Gasteiger partial charge in [-0.3, -0.25) is 0 Å². The SMILES string of the molecule is Cc1nc(Cl)c2cc(C3(O)CC(OCc4ccccc4)C3)cn2n1. The topological polar surface area (TPSA) is 59.7 Å². The molecule has 1 fully saturated rings. The number of hydrogen-bond donors (Lipinski definition) is 1. The molecule has 5 nitrogen and oxygen atoms in total. The Morgan fingerprint density at radius 3 is 2.83 bits per heavy atom. The van der Waals surface area contributed by atoms with Crippen LogP contribution in [0.25, 0.3) is 5.52 Å². The van der Waals surface area contributed by atoms with Gasteiger partial charge < -0.3 is 9.84 Å². The molecule has 6 heteroatoms. The van der Waals surface area contributed by atoms with E-state index in [-0.39, 0.29) is 6.10 Å². The van der Waals surface area contributed by atoms with Crippen LogP contribution in [0.4, 0.5) is 0 Å². The molecule has 0 bridgehead atoms. The molecule has 0 unspecified atom stereocenters. The van der Waals surface area contributed by atoms with Gasteiger partial charge in [0.15, 0.2) is 5.15 Å². The fourth-order valence-corrected chi connectivity index (χ4v) is 3.42. The molecule has 0 saturated heterocycles. The third-order valence-corrected chi connectivity index (χ3v) is 4.80. The average molecular weight is 344 g/mol. The van der Waals surface area contributed by atoms with Crippen molar-refractivity contribution in [2.24, 2.45) is 0 Å². The molecule has 0 radical (unpaired) electrons. The molecule has 0 aliphatic heterocycles. The minimum Gasteiger partial charge on any atom is -0.385 e. The van der Waals surface area contributed by atoms with Gasteiger partial charge in [0.25, 0.3) is 0 Å². The number of ether oxygens (including phenoxy) is 1. The zero-order chi connectivity index (χ0) is 16.7. The summed E-state index contributed by atoms with van der Waals surface area (Å²) in [6.07, 6.45) is 3.02. The van der Waals surface area contributed by atoms with Gasteiger partial charge in [0.2, 0.25) is 0 Å². The summed E-state index contributed by atoms with van der Waals surface area (Å²) in [5.41, 5.74) is 1.77. The fraction of sp³-hybridized carbons (Fsp3) is 0.333. The van der Waals surface area contributed by atoms with Crippen molar-refractivity contribution in [2.45, 2.75) is 38.1 Å². The summed E-state index contributed by atoms with van der Waals surface area (Å²) in [5.74, 6) is 0.597. The molecule has 1 aliphatic rings. The van der Waals surface area contributed by atoms with E-state index in [4.69, 9.17) is 16.3 Å². The lowest BCUT2D eigenvalue weighted by Crippen LogP contribution is -2.45. The summed E-state index contributed by atoms with van der Waals surface area (Å²) in [6, 6.07) is 11.9. The first-order chi connectivity index (χ1) is 11.5. The first-order valence-electron chi connectivity index (χ1n) is 7.94. The van der Waals surface area contributed by atoms with E-state index in [1.165, 1.54) is 0 Å². The van der Waals surface area contributed by atoms with E-state index < -0.39 is 5.60 Å². The van der Waals surface area contributed by atoms with Crippen molar-refractivity contribution in [2.75, 3.05) is 0 Å². The summed E-state index contributed by atoms with van der Waals surface area (Å²) in [7, 11) is 0. The maximum absolute atomic E-state index is 10.8. The summed E-state index contributed by atoms with van der Waals surface area (Å²) >= 11 is 6.15. The van der Waals surface area contributed by atoms with Crippen LogP contribution in [-0.4, -0.2) is 25.8 Å². The van der Waals surface area contributed by atoms with Gasteiger partial charge in [0.1, 0.15) is 11.3 Å². The highest BCUT2D eigenvalue weighted by Crippen LogP contribution is 2.44. The van der Waals surface area contributed by atoms with Crippen molar-refractivity contribution in [3.8, 4) is 0 Å². The van der Waals surface area contributed by atoms with E-state index in [0.717, 1.165) is 11.1 Å². The van der Waals surface area contributed by atoms with Gasteiger partial charge in [0, 0.05) is 24.6 Å². The predicted molar refractivity (Wildman–Crippen MR) is 90.9 cm³/mol. The lowest BCUT2D eigenvalue weighted by Gasteiger charge is -2.43. The zero-order valence-corrected chi connectivity index (χ0v) is 14.1. The fourth-order valence-electron chi connectivity index (χ4n) is 3.16. The number of aryl methyl sites for hydroxylation is 1. The molecule has 0 amide bonds. The molecule has 24 heavy (non-hydrogen) atoms. The number of nitrogens with zero attached hydrogens (tertiary/aromatic N) is 3. The van der Waals surface area contributed by atoms with Crippen LogP contribution in [0.1, 0.15) is 29.8 Å². The van der Waals surface area contributed by atoms with Crippen LogP contribution in [-0.2, 0) is 16.9 Å². The highest BCUT2D eigenvalue weighted by atomic mass is 35.5. The van der Waals surface area contributed by atoms with E-state index >= 15 is 0 Å². The first kappa shape index (κ1) is 15.6. The molecule has 1 aliphatic carbocycles. The third-order valence-electron chi connectivity index (χ3n) is 4.52. The van der Waals surface area contributed by atoms with Crippen molar-refractivity contribution in [1.29, 1.82) is 0 Å². The summed E-state index contributed by atoms with van der Waals surface area (Å²) in [4.78, 5) is 4.15. The Labute approximate surface area is 144 Å². The minimum absolute atomic E-state index is 0.0570. The molecule has 1 N–H and O–H groups in total. The van der Waals surface area contributed by atoms with Crippen molar-refractivity contribution in [1.82, 2.24) is 14.6 Å². The first-order valence-corrected chi connectivity index (χ1v) is 8.32. The van der Waals surface area contributed by atoms with Gasteiger partial charge in [-0.25, -0.2) is 9.50 Å². The number of rotatable bonds is 4. The molecule has 0 spiro atoms. The Hall–Kier alpha value is -1.95. The average Bonchev–Trinajstić information content (AvgIpc) is 2.96. The standard InChI is InChI=1S/C18H18ClN3O2/c1-12-20-17(19)16-7-14(10-22(16)21-12)18(23)8-15(9-18)24-11-13-5-3-2-4-6-13/h2-7,10,15,23H,8-9,11H2,1H3. The normalized spacial score (nSPS) is 23.4. The van der Waals surface area contributed by atoms with Gasteiger partial charge in [-0.15, -0.1) is 0 Å². The maximum Gasteiger partial charge on any atom is 0.156 e. The summed E-state index contributed by atoms with van der Waals surface area (Å²) < 4.78 is 7.55. The van der Waals surface area contributed by atoms with Crippen LogP contribution in [0.3, 0.4) is 0 Å². The Morgan fingerprint density at radius 2 is 2.08 bits per heavy atom. The molecule has 4 rings (SSSR count). The highest BCUT2D eigenvalue weighted by Gasteiger charge is 2.45. The molecular formula is C18H18ClN3O2. The van der Waals surface area contributed by atoms with Crippen molar-refractivity contribution < 1.29 is 9.84 Å². The van der Waals surface area contributed by atoms with Crippen molar-refractivity contribution >= 4 is 17.1 Å². The van der Waals surface area contributed by atoms with Crippen molar-refractivity contribution in [3.63, 3.8) is 0 Å². The Bertz CT molecular complexity index is 873. The summed E-state index contributed by atoms with van der Waals surface area (Å²) in [6.45, 7) is 2.35. The quantitative estimate of drug-likeness (QED) is 0.790. The second-order valence-electron chi connectivity index (χ2n) is 6.37. The van der Waals surface area contributed by atoms with Crippen LogP contribution in [0.15, 0.2) is 42.6 Å². The van der Waals surface area contributed by atoms with Gasteiger partial charge in [-0.05, 0) is 18.6 Å². The second kappa shape index (κ2) is 5.84. The van der Waals surface area contributed by atoms with Crippen molar-refractivity contribution in [3.05, 3.63) is 64.7 Å². The highest BCUT2D eigenvalue weighted by molar-refractivity contribution is 6.32. The van der Waals surface area contributed by atoms with Crippen LogP contribution < -0.4 is 0 Å². The molecule has 2 heterocycles.